The van der Waals surface area contributed by atoms with E-state index in [-0.39, 0.29) is 11.9 Å². The fraction of sp³-hybridized carbons (Fsp3) is 0.650. The minimum atomic E-state index is 0.0159. The van der Waals surface area contributed by atoms with Gasteiger partial charge in [0.05, 0.1) is 25.9 Å². The van der Waals surface area contributed by atoms with Crippen molar-refractivity contribution in [3.63, 3.8) is 0 Å². The van der Waals surface area contributed by atoms with Gasteiger partial charge in [0.15, 0.2) is 0 Å². The van der Waals surface area contributed by atoms with Crippen molar-refractivity contribution in [2.75, 3.05) is 25.1 Å². The highest BCUT2D eigenvalue weighted by molar-refractivity contribution is 5.91. The number of benzene rings is 1. The van der Waals surface area contributed by atoms with Crippen LogP contribution < -0.4 is 10.6 Å². The Morgan fingerprint density at radius 1 is 1.40 bits per heavy atom. The Balaban J connectivity index is 1.46. The topological polar surface area (TPSA) is 59.6 Å². The molecule has 5 heteroatoms. The summed E-state index contributed by atoms with van der Waals surface area (Å²) in [5, 5.41) is 6.29. The van der Waals surface area contributed by atoms with Crippen LogP contribution in [0.4, 0.5) is 5.69 Å². The molecule has 2 fully saturated rings. The maximum absolute atomic E-state index is 12.2. The molecule has 0 radical (unpaired) electrons. The van der Waals surface area contributed by atoms with E-state index in [9.17, 15) is 4.79 Å². The molecule has 1 aliphatic carbocycles. The second-order valence-corrected chi connectivity index (χ2v) is 7.38. The number of amides is 1. The summed E-state index contributed by atoms with van der Waals surface area (Å²) in [5.74, 6) is 0.781. The number of carbonyl (C=O) groups excluding carboxylic acids is 1. The summed E-state index contributed by atoms with van der Waals surface area (Å²) in [4.78, 5) is 12.2. The van der Waals surface area contributed by atoms with E-state index in [1.54, 1.807) is 0 Å². The Bertz CT molecular complexity index is 558. The fourth-order valence-corrected chi connectivity index (χ4v) is 3.67. The molecule has 1 saturated carbocycles. The Hall–Kier alpha value is -1.43. The molecule has 138 valence electrons. The molecule has 0 aromatic heterocycles. The van der Waals surface area contributed by atoms with Crippen molar-refractivity contribution in [3.8, 4) is 0 Å². The highest BCUT2D eigenvalue weighted by Gasteiger charge is 2.19. The molecule has 2 N–H and O–H groups in total. The SMILES string of the molecule is CC1CCCC(OCc2cccc(NC(=O)CC3COCCN3)c2)C1. The second-order valence-electron chi connectivity index (χ2n) is 7.38. The van der Waals surface area contributed by atoms with Crippen molar-refractivity contribution in [2.45, 2.75) is 57.8 Å². The minimum absolute atomic E-state index is 0.0159. The lowest BCUT2D eigenvalue weighted by molar-refractivity contribution is -0.117. The van der Waals surface area contributed by atoms with E-state index < -0.39 is 0 Å². The van der Waals surface area contributed by atoms with Crippen LogP contribution in [0.15, 0.2) is 24.3 Å². The van der Waals surface area contributed by atoms with Crippen LogP contribution in [0.1, 0.15) is 44.6 Å². The van der Waals surface area contributed by atoms with Crippen LogP contribution in [0, 0.1) is 5.92 Å². The first kappa shape index (κ1) is 18.4. The number of hydrogen-bond donors (Lipinski definition) is 2. The second kappa shape index (κ2) is 9.32. The molecule has 25 heavy (non-hydrogen) atoms. The summed E-state index contributed by atoms with van der Waals surface area (Å²) in [6, 6.07) is 8.07. The lowest BCUT2D eigenvalue weighted by atomic mass is 9.89. The zero-order chi connectivity index (χ0) is 17.5. The van der Waals surface area contributed by atoms with Gasteiger partial charge in [-0.1, -0.05) is 31.9 Å². The number of morpholine rings is 1. The minimum Gasteiger partial charge on any atom is -0.378 e. The molecule has 2 aliphatic rings. The summed E-state index contributed by atoms with van der Waals surface area (Å²) in [6.45, 7) is 5.04. The van der Waals surface area contributed by atoms with Crippen LogP contribution in [0.3, 0.4) is 0 Å². The van der Waals surface area contributed by atoms with Gasteiger partial charge in [-0.25, -0.2) is 0 Å². The van der Waals surface area contributed by atoms with E-state index >= 15 is 0 Å². The summed E-state index contributed by atoms with van der Waals surface area (Å²) in [6.07, 6.45) is 5.72. The average molecular weight is 346 g/mol. The van der Waals surface area contributed by atoms with Gasteiger partial charge in [0.1, 0.15) is 0 Å². The monoisotopic (exact) mass is 346 g/mol. The van der Waals surface area contributed by atoms with Crippen molar-refractivity contribution < 1.29 is 14.3 Å². The molecule has 0 spiro atoms. The van der Waals surface area contributed by atoms with E-state index in [2.05, 4.69) is 23.6 Å². The van der Waals surface area contributed by atoms with E-state index in [1.807, 2.05) is 18.2 Å². The summed E-state index contributed by atoms with van der Waals surface area (Å²) in [5.41, 5.74) is 1.94. The Kier molecular flexibility index (Phi) is 6.84. The maximum Gasteiger partial charge on any atom is 0.226 e. The van der Waals surface area contributed by atoms with Gasteiger partial charge in [-0.2, -0.15) is 0 Å². The molecule has 1 amide bonds. The van der Waals surface area contributed by atoms with Crippen molar-refractivity contribution in [1.82, 2.24) is 5.32 Å². The van der Waals surface area contributed by atoms with Gasteiger partial charge in [-0.3, -0.25) is 4.79 Å². The zero-order valence-electron chi connectivity index (χ0n) is 15.1. The number of hydrogen-bond acceptors (Lipinski definition) is 4. The molecular formula is C20H30N2O3. The van der Waals surface area contributed by atoms with Gasteiger partial charge in [0.2, 0.25) is 5.91 Å². The molecule has 3 atom stereocenters. The quantitative estimate of drug-likeness (QED) is 0.831. The third kappa shape index (κ3) is 6.10. The predicted molar refractivity (Wildman–Crippen MR) is 98.5 cm³/mol. The van der Waals surface area contributed by atoms with Crippen LogP contribution in [-0.2, 0) is 20.9 Å². The van der Waals surface area contributed by atoms with E-state index in [0.29, 0.717) is 25.7 Å². The lowest BCUT2D eigenvalue weighted by Gasteiger charge is -2.26. The van der Waals surface area contributed by atoms with Gasteiger partial charge >= 0.3 is 0 Å². The van der Waals surface area contributed by atoms with Crippen molar-refractivity contribution in [1.29, 1.82) is 0 Å². The molecule has 5 nitrogen and oxygen atoms in total. The van der Waals surface area contributed by atoms with E-state index in [1.165, 1.54) is 12.8 Å². The van der Waals surface area contributed by atoms with Gasteiger partial charge in [-0.05, 0) is 36.5 Å². The number of anilines is 1. The molecule has 0 bridgehead atoms. The zero-order valence-corrected chi connectivity index (χ0v) is 15.1. The third-order valence-corrected chi connectivity index (χ3v) is 5.01. The fourth-order valence-electron chi connectivity index (χ4n) is 3.67. The van der Waals surface area contributed by atoms with Crippen molar-refractivity contribution in [3.05, 3.63) is 29.8 Å². The van der Waals surface area contributed by atoms with E-state index in [4.69, 9.17) is 9.47 Å². The predicted octanol–water partition coefficient (Wildman–Crippen LogP) is 3.10. The van der Waals surface area contributed by atoms with Crippen molar-refractivity contribution in [2.24, 2.45) is 5.92 Å². The lowest BCUT2D eigenvalue weighted by Crippen LogP contribution is -2.43. The highest BCUT2D eigenvalue weighted by Crippen LogP contribution is 2.26. The first-order valence-electron chi connectivity index (χ1n) is 9.50. The molecule has 1 aromatic rings. The smallest absolute Gasteiger partial charge is 0.226 e. The van der Waals surface area contributed by atoms with Crippen LogP contribution in [0.2, 0.25) is 0 Å². The van der Waals surface area contributed by atoms with E-state index in [0.717, 1.165) is 43.2 Å². The van der Waals surface area contributed by atoms with Crippen LogP contribution in [0.25, 0.3) is 0 Å². The molecule has 3 rings (SSSR count). The Labute approximate surface area is 150 Å². The van der Waals surface area contributed by atoms with Gasteiger partial charge in [0, 0.05) is 24.7 Å². The number of nitrogens with one attached hydrogen (secondary N) is 2. The largest absolute Gasteiger partial charge is 0.378 e. The summed E-state index contributed by atoms with van der Waals surface area (Å²) >= 11 is 0. The molecule has 3 unspecified atom stereocenters. The first-order valence-corrected chi connectivity index (χ1v) is 9.50. The summed E-state index contributed by atoms with van der Waals surface area (Å²) < 4.78 is 11.5. The molecule has 1 aliphatic heterocycles. The third-order valence-electron chi connectivity index (χ3n) is 5.01. The maximum atomic E-state index is 12.2. The standard InChI is InChI=1S/C20H30N2O3/c1-15-4-2-7-19(10-15)25-13-16-5-3-6-17(11-16)22-20(23)12-18-14-24-9-8-21-18/h3,5-6,11,15,18-19,21H,2,4,7-10,12-14H2,1H3,(H,22,23). The molecule has 1 saturated heterocycles. The van der Waals surface area contributed by atoms with Gasteiger partial charge < -0.3 is 20.1 Å². The highest BCUT2D eigenvalue weighted by atomic mass is 16.5. The van der Waals surface area contributed by atoms with Crippen LogP contribution >= 0.6 is 0 Å². The van der Waals surface area contributed by atoms with Crippen LogP contribution in [-0.4, -0.2) is 37.8 Å². The first-order chi connectivity index (χ1) is 12.2. The Morgan fingerprint density at radius 3 is 3.12 bits per heavy atom. The Morgan fingerprint density at radius 2 is 2.32 bits per heavy atom. The average Bonchev–Trinajstić information content (AvgIpc) is 2.61. The van der Waals surface area contributed by atoms with Gasteiger partial charge in [-0.15, -0.1) is 0 Å². The van der Waals surface area contributed by atoms with Crippen LogP contribution in [0.5, 0.6) is 0 Å². The number of carbonyl (C=O) groups is 1. The van der Waals surface area contributed by atoms with Gasteiger partial charge in [0.25, 0.3) is 0 Å². The molecular weight excluding hydrogens is 316 g/mol. The molecule has 1 aromatic carbocycles. The number of rotatable bonds is 6. The van der Waals surface area contributed by atoms with Crippen molar-refractivity contribution >= 4 is 11.6 Å². The summed E-state index contributed by atoms with van der Waals surface area (Å²) in [7, 11) is 0. The normalized spacial score (nSPS) is 27.0. The number of ether oxygens (including phenoxy) is 2. The molecule has 1 heterocycles.